The van der Waals surface area contributed by atoms with Crippen LogP contribution in [0.5, 0.6) is 17.2 Å². The maximum Gasteiger partial charge on any atom is 0.220 e. The Hall–Kier alpha value is -3.62. The van der Waals surface area contributed by atoms with Gasteiger partial charge in [-0.2, -0.15) is 0 Å². The average Bonchev–Trinajstić information content (AvgIpc) is 3.24. The molecule has 1 aromatic heterocycles. The fourth-order valence-electron chi connectivity index (χ4n) is 2.99. The zero-order valence-electron chi connectivity index (χ0n) is 17.3. The average molecular weight is 432 g/mol. The monoisotopic (exact) mass is 432 g/mol. The van der Waals surface area contributed by atoms with E-state index in [4.69, 9.17) is 18.6 Å². The molecule has 7 nitrogen and oxygen atoms in total. The Labute approximate surface area is 177 Å². The summed E-state index contributed by atoms with van der Waals surface area (Å²) in [5, 5.41) is 2.80. The third kappa shape index (κ3) is 5.30. The number of rotatable bonds is 9. The Bertz CT molecular complexity index is 1040. The van der Waals surface area contributed by atoms with E-state index in [1.807, 2.05) is 0 Å². The Morgan fingerprint density at radius 2 is 1.77 bits per heavy atom. The van der Waals surface area contributed by atoms with Crippen molar-refractivity contribution in [1.82, 2.24) is 10.3 Å². The molecule has 3 aromatic rings. The van der Waals surface area contributed by atoms with Gasteiger partial charge < -0.3 is 23.9 Å². The zero-order valence-corrected chi connectivity index (χ0v) is 17.3. The first kappa shape index (κ1) is 22.1. The number of halogens is 2. The lowest BCUT2D eigenvalue weighted by Crippen LogP contribution is -2.23. The summed E-state index contributed by atoms with van der Waals surface area (Å²) in [5.74, 6) is 0.263. The minimum Gasteiger partial charge on any atom is -0.493 e. The lowest BCUT2D eigenvalue weighted by atomic mass is 10.1. The SMILES string of the molecule is COc1cc(CNC(=O)CCc2ncc(-c3ccc(F)cc3F)o2)cc(OC)c1OC. The molecule has 0 atom stereocenters. The molecule has 0 bridgehead atoms. The quantitative estimate of drug-likeness (QED) is 0.552. The molecule has 0 radical (unpaired) electrons. The normalized spacial score (nSPS) is 10.6. The van der Waals surface area contributed by atoms with Crippen LogP contribution in [0.4, 0.5) is 8.78 Å². The van der Waals surface area contributed by atoms with Gasteiger partial charge >= 0.3 is 0 Å². The Kier molecular flexibility index (Phi) is 7.07. The van der Waals surface area contributed by atoms with Crippen LogP contribution in [-0.2, 0) is 17.8 Å². The van der Waals surface area contributed by atoms with E-state index in [-0.39, 0.29) is 42.5 Å². The molecule has 9 heteroatoms. The molecule has 0 aliphatic heterocycles. The van der Waals surface area contributed by atoms with E-state index in [1.54, 1.807) is 12.1 Å². The highest BCUT2D eigenvalue weighted by molar-refractivity contribution is 5.76. The molecule has 31 heavy (non-hydrogen) atoms. The molecule has 164 valence electrons. The van der Waals surface area contributed by atoms with E-state index in [0.717, 1.165) is 17.7 Å². The third-order valence-corrected chi connectivity index (χ3v) is 4.53. The lowest BCUT2D eigenvalue weighted by Gasteiger charge is -2.14. The second-order valence-electron chi connectivity index (χ2n) is 6.55. The number of carbonyl (C=O) groups is 1. The molecule has 1 N–H and O–H groups in total. The largest absolute Gasteiger partial charge is 0.493 e. The van der Waals surface area contributed by atoms with Crippen molar-refractivity contribution in [3.8, 4) is 28.6 Å². The van der Waals surface area contributed by atoms with Crippen LogP contribution >= 0.6 is 0 Å². The molecule has 0 unspecified atom stereocenters. The lowest BCUT2D eigenvalue weighted by molar-refractivity contribution is -0.121. The molecule has 0 aliphatic carbocycles. The van der Waals surface area contributed by atoms with E-state index < -0.39 is 11.6 Å². The Balaban J connectivity index is 1.57. The zero-order chi connectivity index (χ0) is 22.4. The van der Waals surface area contributed by atoms with E-state index in [2.05, 4.69) is 10.3 Å². The summed E-state index contributed by atoms with van der Waals surface area (Å²) in [6, 6.07) is 6.68. The Morgan fingerprint density at radius 3 is 2.39 bits per heavy atom. The number of nitrogens with one attached hydrogen (secondary N) is 1. The first-order valence-corrected chi connectivity index (χ1v) is 9.40. The van der Waals surface area contributed by atoms with Crippen molar-refractivity contribution in [2.45, 2.75) is 19.4 Å². The van der Waals surface area contributed by atoms with Gasteiger partial charge in [0, 0.05) is 25.5 Å². The molecule has 0 spiro atoms. The third-order valence-electron chi connectivity index (χ3n) is 4.53. The summed E-state index contributed by atoms with van der Waals surface area (Å²) in [5.41, 5.74) is 0.875. The van der Waals surface area contributed by atoms with Crippen molar-refractivity contribution in [3.05, 3.63) is 59.6 Å². The van der Waals surface area contributed by atoms with Gasteiger partial charge in [0.25, 0.3) is 0 Å². The summed E-state index contributed by atoms with van der Waals surface area (Å²) in [7, 11) is 4.55. The van der Waals surface area contributed by atoms with E-state index in [1.165, 1.54) is 33.6 Å². The number of methoxy groups -OCH3 is 3. The van der Waals surface area contributed by atoms with E-state index >= 15 is 0 Å². The van der Waals surface area contributed by atoms with Crippen LogP contribution < -0.4 is 19.5 Å². The highest BCUT2D eigenvalue weighted by atomic mass is 19.1. The van der Waals surface area contributed by atoms with Crippen LogP contribution in [0, 0.1) is 11.6 Å². The van der Waals surface area contributed by atoms with Gasteiger partial charge in [0.15, 0.2) is 23.1 Å². The highest BCUT2D eigenvalue weighted by Crippen LogP contribution is 2.38. The van der Waals surface area contributed by atoms with Gasteiger partial charge in [0.2, 0.25) is 11.7 Å². The van der Waals surface area contributed by atoms with Crippen molar-refractivity contribution >= 4 is 5.91 Å². The van der Waals surface area contributed by atoms with Crippen molar-refractivity contribution in [3.63, 3.8) is 0 Å². The molecule has 1 heterocycles. The van der Waals surface area contributed by atoms with Crippen LogP contribution in [-0.4, -0.2) is 32.2 Å². The second kappa shape index (κ2) is 9.92. The van der Waals surface area contributed by atoms with Gasteiger partial charge in [0.05, 0.1) is 33.1 Å². The fourth-order valence-corrected chi connectivity index (χ4v) is 2.99. The molecule has 0 aliphatic rings. The van der Waals surface area contributed by atoms with Crippen LogP contribution in [0.2, 0.25) is 0 Å². The molecule has 0 saturated carbocycles. The van der Waals surface area contributed by atoms with Gasteiger partial charge in [0.1, 0.15) is 11.6 Å². The fraction of sp³-hybridized carbons (Fsp3) is 0.273. The number of carbonyl (C=O) groups excluding carboxylic acids is 1. The number of oxazole rings is 1. The van der Waals surface area contributed by atoms with E-state index in [0.29, 0.717) is 17.2 Å². The minimum absolute atomic E-state index is 0.104. The Morgan fingerprint density at radius 1 is 1.06 bits per heavy atom. The molecule has 0 fully saturated rings. The second-order valence-corrected chi connectivity index (χ2v) is 6.55. The first-order valence-electron chi connectivity index (χ1n) is 9.40. The maximum absolute atomic E-state index is 13.9. The summed E-state index contributed by atoms with van der Waals surface area (Å²) < 4.78 is 48.3. The number of ether oxygens (including phenoxy) is 3. The predicted molar refractivity (Wildman–Crippen MR) is 108 cm³/mol. The summed E-state index contributed by atoms with van der Waals surface area (Å²) in [4.78, 5) is 16.3. The summed E-state index contributed by atoms with van der Waals surface area (Å²) >= 11 is 0. The minimum atomic E-state index is -0.745. The summed E-state index contributed by atoms with van der Waals surface area (Å²) in [6.45, 7) is 0.257. The van der Waals surface area contributed by atoms with Crippen molar-refractivity contribution in [2.24, 2.45) is 0 Å². The predicted octanol–water partition coefficient (Wildman–Crippen LogP) is 3.89. The molecule has 2 aromatic carbocycles. The van der Waals surface area contributed by atoms with Crippen molar-refractivity contribution in [2.75, 3.05) is 21.3 Å². The molecular formula is C22H22F2N2O5. The molecule has 1 amide bonds. The van der Waals surface area contributed by atoms with Crippen LogP contribution in [0.1, 0.15) is 17.9 Å². The summed E-state index contributed by atoms with van der Waals surface area (Å²) in [6.07, 6.45) is 1.69. The standard InChI is InChI=1S/C22H22F2N2O5/c1-28-17-8-13(9-18(29-2)22(17)30-3)11-25-20(27)6-7-21-26-12-19(31-21)15-5-4-14(23)10-16(15)24/h4-5,8-10,12H,6-7,11H2,1-3H3,(H,25,27). The topological polar surface area (TPSA) is 82.8 Å². The van der Waals surface area contributed by atoms with Gasteiger partial charge in [-0.1, -0.05) is 0 Å². The van der Waals surface area contributed by atoms with Crippen LogP contribution in [0.15, 0.2) is 40.9 Å². The molecular weight excluding hydrogens is 410 g/mol. The van der Waals surface area contributed by atoms with Crippen LogP contribution in [0.25, 0.3) is 11.3 Å². The number of hydrogen-bond donors (Lipinski definition) is 1. The van der Waals surface area contributed by atoms with Gasteiger partial charge in [-0.05, 0) is 29.8 Å². The highest BCUT2D eigenvalue weighted by Gasteiger charge is 2.15. The van der Waals surface area contributed by atoms with Gasteiger partial charge in [-0.25, -0.2) is 13.8 Å². The molecule has 0 saturated heterocycles. The van der Waals surface area contributed by atoms with Crippen LogP contribution in [0.3, 0.4) is 0 Å². The van der Waals surface area contributed by atoms with E-state index in [9.17, 15) is 13.6 Å². The first-order chi connectivity index (χ1) is 14.9. The number of aryl methyl sites for hydroxylation is 1. The number of nitrogens with zero attached hydrogens (tertiary/aromatic N) is 1. The molecule has 3 rings (SSSR count). The number of hydrogen-bond acceptors (Lipinski definition) is 6. The van der Waals surface area contributed by atoms with Gasteiger partial charge in [-0.3, -0.25) is 4.79 Å². The smallest absolute Gasteiger partial charge is 0.220 e. The van der Waals surface area contributed by atoms with Gasteiger partial charge in [-0.15, -0.1) is 0 Å². The van der Waals surface area contributed by atoms with Crippen molar-refractivity contribution < 1.29 is 32.2 Å². The number of aromatic nitrogens is 1. The maximum atomic E-state index is 13.9. The number of benzene rings is 2. The van der Waals surface area contributed by atoms with Crippen molar-refractivity contribution in [1.29, 1.82) is 0 Å². The number of amides is 1.